The minimum Gasteiger partial charge on any atom is -0.476 e. The zero-order chi connectivity index (χ0) is 13.3. The maximum absolute atomic E-state index is 10.9. The topological polar surface area (TPSA) is 98.3 Å². The van der Waals surface area contributed by atoms with Gasteiger partial charge in [0.05, 0.1) is 4.92 Å². The Morgan fingerprint density at radius 3 is 2.78 bits per heavy atom. The van der Waals surface area contributed by atoms with Gasteiger partial charge in [0, 0.05) is 12.3 Å². The molecule has 7 nitrogen and oxygen atoms in total. The van der Waals surface area contributed by atoms with Crippen LogP contribution in [0.5, 0.6) is 0 Å². The van der Waals surface area contributed by atoms with Gasteiger partial charge in [-0.2, -0.15) is 0 Å². The van der Waals surface area contributed by atoms with Gasteiger partial charge in [0.1, 0.15) is 12.0 Å². The van der Waals surface area contributed by atoms with Crippen molar-refractivity contribution < 1.29 is 14.8 Å². The lowest BCUT2D eigenvalue weighted by Gasteiger charge is -2.03. The lowest BCUT2D eigenvalue weighted by Crippen LogP contribution is -1.99. The van der Waals surface area contributed by atoms with E-state index in [1.807, 2.05) is 0 Å². The van der Waals surface area contributed by atoms with E-state index in [1.54, 1.807) is 19.1 Å². The van der Waals surface area contributed by atoms with Crippen molar-refractivity contribution in [3.05, 3.63) is 52.1 Å². The Morgan fingerprint density at radius 1 is 1.50 bits per heavy atom. The summed E-state index contributed by atoms with van der Waals surface area (Å²) in [5.41, 5.74) is 0.781. The predicted octanol–water partition coefficient (Wildman–Crippen LogP) is 1.79. The smallest absolute Gasteiger partial charge is 0.356 e. The van der Waals surface area contributed by atoms with Gasteiger partial charge in [-0.05, 0) is 18.6 Å². The fraction of sp³-hybridized carbons (Fsp3) is 0.0909. The number of aromatic nitrogens is 2. The maximum atomic E-state index is 10.9. The van der Waals surface area contributed by atoms with Crippen molar-refractivity contribution in [3.63, 3.8) is 0 Å². The number of carboxylic acid groups (broad SMARTS) is 1. The summed E-state index contributed by atoms with van der Waals surface area (Å²) in [4.78, 5) is 24.8. The Hall–Kier alpha value is -2.70. The van der Waals surface area contributed by atoms with Crippen molar-refractivity contribution in [2.24, 2.45) is 0 Å². The predicted molar refractivity (Wildman–Crippen MR) is 61.9 cm³/mol. The summed E-state index contributed by atoms with van der Waals surface area (Å²) in [6.45, 7) is 1.74. The number of aromatic carboxylic acids is 1. The Balaban J connectivity index is 2.55. The summed E-state index contributed by atoms with van der Waals surface area (Å²) in [5, 5.41) is 19.7. The summed E-state index contributed by atoms with van der Waals surface area (Å²) in [6.07, 6.45) is 2.47. The van der Waals surface area contributed by atoms with E-state index >= 15 is 0 Å². The van der Waals surface area contributed by atoms with Crippen LogP contribution in [0.2, 0.25) is 0 Å². The average Bonchev–Trinajstić information content (AvgIpc) is 2.78. The highest BCUT2D eigenvalue weighted by Gasteiger charge is 2.17. The van der Waals surface area contributed by atoms with Crippen LogP contribution in [0.1, 0.15) is 16.1 Å². The molecule has 0 unspecified atom stereocenters. The largest absolute Gasteiger partial charge is 0.476 e. The third kappa shape index (κ3) is 2.05. The molecule has 0 atom stereocenters. The number of nitro benzene ring substituents is 1. The summed E-state index contributed by atoms with van der Waals surface area (Å²) in [5.74, 6) is -1.18. The fourth-order valence-electron chi connectivity index (χ4n) is 1.56. The molecule has 1 heterocycles. The van der Waals surface area contributed by atoms with E-state index in [1.165, 1.54) is 23.2 Å². The van der Waals surface area contributed by atoms with Crippen molar-refractivity contribution in [1.82, 2.24) is 9.55 Å². The first kappa shape index (κ1) is 11.8. The molecule has 0 saturated heterocycles. The first-order valence-corrected chi connectivity index (χ1v) is 5.02. The molecule has 2 rings (SSSR count). The number of hydrogen-bond acceptors (Lipinski definition) is 4. The number of rotatable bonds is 3. The first-order chi connectivity index (χ1) is 8.49. The van der Waals surface area contributed by atoms with Gasteiger partial charge < -0.3 is 5.11 Å². The second kappa shape index (κ2) is 4.28. The minimum absolute atomic E-state index is 0.0932. The third-order valence-electron chi connectivity index (χ3n) is 2.41. The fourth-order valence-corrected chi connectivity index (χ4v) is 1.56. The molecule has 0 amide bonds. The Bertz CT molecular complexity index is 633. The van der Waals surface area contributed by atoms with E-state index in [-0.39, 0.29) is 17.1 Å². The molecule has 0 saturated carbocycles. The Morgan fingerprint density at radius 2 is 2.22 bits per heavy atom. The van der Waals surface area contributed by atoms with Crippen LogP contribution in [0.15, 0.2) is 30.7 Å². The molecule has 0 fully saturated rings. The van der Waals surface area contributed by atoms with Crippen molar-refractivity contribution in [3.8, 4) is 5.69 Å². The number of benzene rings is 1. The first-order valence-electron chi connectivity index (χ1n) is 5.02. The van der Waals surface area contributed by atoms with Crippen molar-refractivity contribution in [2.45, 2.75) is 6.92 Å². The Labute approximate surface area is 101 Å². The summed E-state index contributed by atoms with van der Waals surface area (Å²) in [6, 6.07) is 4.69. The number of hydrogen-bond donors (Lipinski definition) is 1. The maximum Gasteiger partial charge on any atom is 0.356 e. The van der Waals surface area contributed by atoms with Crippen LogP contribution in [-0.4, -0.2) is 25.6 Å². The van der Waals surface area contributed by atoms with Crippen LogP contribution in [0.4, 0.5) is 5.69 Å². The number of carboxylic acids is 1. The van der Waals surface area contributed by atoms with Crippen LogP contribution in [0, 0.1) is 17.0 Å². The van der Waals surface area contributed by atoms with Crippen LogP contribution < -0.4 is 0 Å². The molecule has 0 aliphatic heterocycles. The molecular formula is C11H9N3O4. The molecule has 0 aliphatic rings. The quantitative estimate of drug-likeness (QED) is 0.658. The van der Waals surface area contributed by atoms with E-state index in [0.29, 0.717) is 0 Å². The molecule has 18 heavy (non-hydrogen) atoms. The highest BCUT2D eigenvalue weighted by atomic mass is 16.6. The Kier molecular flexibility index (Phi) is 2.80. The van der Waals surface area contributed by atoms with Gasteiger partial charge in [-0.15, -0.1) is 0 Å². The van der Waals surface area contributed by atoms with Crippen molar-refractivity contribution >= 4 is 11.7 Å². The van der Waals surface area contributed by atoms with Gasteiger partial charge in [-0.25, -0.2) is 9.78 Å². The lowest BCUT2D eigenvalue weighted by molar-refractivity contribution is -0.384. The minimum atomic E-state index is -1.18. The SMILES string of the molecule is Cc1ccc(-n2cnc(C(=O)O)c2)c([N+](=O)[O-])c1. The van der Waals surface area contributed by atoms with E-state index in [2.05, 4.69) is 4.98 Å². The van der Waals surface area contributed by atoms with Gasteiger partial charge in [0.15, 0.2) is 5.69 Å². The average molecular weight is 247 g/mol. The molecule has 0 bridgehead atoms. The van der Waals surface area contributed by atoms with E-state index in [9.17, 15) is 14.9 Å². The second-order valence-corrected chi connectivity index (χ2v) is 3.72. The highest BCUT2D eigenvalue weighted by Crippen LogP contribution is 2.24. The number of nitrogens with zero attached hydrogens (tertiary/aromatic N) is 3. The molecule has 2 aromatic rings. The van der Waals surface area contributed by atoms with Gasteiger partial charge in [-0.3, -0.25) is 14.7 Å². The molecule has 92 valence electrons. The number of imidazole rings is 1. The molecule has 0 radical (unpaired) electrons. The summed E-state index contributed by atoms with van der Waals surface area (Å²) >= 11 is 0. The molecule has 1 N–H and O–H groups in total. The monoisotopic (exact) mass is 247 g/mol. The van der Waals surface area contributed by atoms with Gasteiger partial charge >= 0.3 is 5.97 Å². The third-order valence-corrected chi connectivity index (χ3v) is 2.41. The van der Waals surface area contributed by atoms with E-state index in [4.69, 9.17) is 5.11 Å². The van der Waals surface area contributed by atoms with E-state index < -0.39 is 10.9 Å². The highest BCUT2D eigenvalue weighted by molar-refractivity contribution is 5.85. The van der Waals surface area contributed by atoms with Crippen LogP contribution in [-0.2, 0) is 0 Å². The number of carbonyl (C=O) groups is 1. The van der Waals surface area contributed by atoms with Crippen LogP contribution in [0.3, 0.4) is 0 Å². The molecule has 1 aromatic heterocycles. The number of nitro groups is 1. The summed E-state index contributed by atoms with van der Waals surface area (Å²) < 4.78 is 1.32. The van der Waals surface area contributed by atoms with Gasteiger partial charge in [0.2, 0.25) is 0 Å². The normalized spacial score (nSPS) is 10.3. The molecule has 7 heteroatoms. The second-order valence-electron chi connectivity index (χ2n) is 3.72. The van der Waals surface area contributed by atoms with Crippen LogP contribution >= 0.6 is 0 Å². The van der Waals surface area contributed by atoms with Crippen LogP contribution in [0.25, 0.3) is 5.69 Å². The van der Waals surface area contributed by atoms with E-state index in [0.717, 1.165) is 5.56 Å². The summed E-state index contributed by atoms with van der Waals surface area (Å²) in [7, 11) is 0. The molecular weight excluding hydrogens is 238 g/mol. The van der Waals surface area contributed by atoms with Gasteiger partial charge in [-0.1, -0.05) is 6.07 Å². The lowest BCUT2D eigenvalue weighted by atomic mass is 10.2. The zero-order valence-electron chi connectivity index (χ0n) is 9.40. The van der Waals surface area contributed by atoms with Crippen molar-refractivity contribution in [1.29, 1.82) is 0 Å². The zero-order valence-corrected chi connectivity index (χ0v) is 9.40. The molecule has 1 aromatic carbocycles. The molecule has 0 aliphatic carbocycles. The van der Waals surface area contributed by atoms with Crippen molar-refractivity contribution in [2.75, 3.05) is 0 Å². The number of aryl methyl sites for hydroxylation is 1. The van der Waals surface area contributed by atoms with Gasteiger partial charge in [0.25, 0.3) is 5.69 Å². The molecule has 0 spiro atoms. The standard InChI is InChI=1S/C11H9N3O4/c1-7-2-3-9(10(4-7)14(17)18)13-5-8(11(15)16)12-6-13/h2-6H,1H3,(H,15,16).